The number of rotatable bonds is 3. The molecule has 4 aromatic carbocycles. The Hall–Kier alpha value is -3.58. The molecule has 1 heteroatoms. The molecule has 1 heterocycles. The molecule has 0 radical (unpaired) electrons. The summed E-state index contributed by atoms with van der Waals surface area (Å²) in [6, 6.07) is 33.4. The van der Waals surface area contributed by atoms with E-state index < -0.39 is 0 Å². The van der Waals surface area contributed by atoms with Crippen LogP contribution in [-0.4, -0.2) is 4.57 Å². The quantitative estimate of drug-likeness (QED) is 0.287. The van der Waals surface area contributed by atoms with Crippen LogP contribution in [0.1, 0.15) is 22.3 Å². The average Bonchev–Trinajstić information content (AvgIpc) is 3.09. The number of benzene rings is 4. The Morgan fingerprint density at radius 3 is 1.29 bits per heavy atom. The Kier molecular flexibility index (Phi) is 4.75. The summed E-state index contributed by atoms with van der Waals surface area (Å²) in [7, 11) is 0. The van der Waals surface area contributed by atoms with Crippen LogP contribution in [0.25, 0.3) is 39.0 Å². The molecule has 152 valence electrons. The molecule has 0 amide bonds. The van der Waals surface area contributed by atoms with E-state index >= 15 is 0 Å². The zero-order valence-corrected chi connectivity index (χ0v) is 18.6. The molecule has 0 saturated heterocycles. The fourth-order valence-electron chi connectivity index (χ4n) is 4.58. The molecule has 0 N–H and O–H groups in total. The van der Waals surface area contributed by atoms with Gasteiger partial charge < -0.3 is 4.57 Å². The van der Waals surface area contributed by atoms with Gasteiger partial charge in [0.2, 0.25) is 0 Å². The van der Waals surface area contributed by atoms with Crippen LogP contribution >= 0.6 is 0 Å². The maximum absolute atomic E-state index is 2.46. The molecule has 0 saturated carbocycles. The standard InChI is InChI=1S/C30H27N/c1-20-9-13-24(14-10-20)29-27-7-5-6-8-28(27)30(25-15-11-21(2)12-16-25)31(29)26-18-22(3)17-23(4)19-26/h5-19H,1-4H3. The van der Waals surface area contributed by atoms with Crippen molar-refractivity contribution in [3.8, 4) is 28.2 Å². The summed E-state index contributed by atoms with van der Waals surface area (Å²) >= 11 is 0. The molecular weight excluding hydrogens is 374 g/mol. The van der Waals surface area contributed by atoms with Crippen LogP contribution in [0.2, 0.25) is 0 Å². The van der Waals surface area contributed by atoms with E-state index in [0.29, 0.717) is 0 Å². The van der Waals surface area contributed by atoms with Gasteiger partial charge in [-0.25, -0.2) is 0 Å². The minimum absolute atomic E-state index is 1.21. The third-order valence-electron chi connectivity index (χ3n) is 6.00. The summed E-state index contributed by atoms with van der Waals surface area (Å²) in [4.78, 5) is 0. The van der Waals surface area contributed by atoms with Crippen molar-refractivity contribution in [2.45, 2.75) is 27.7 Å². The normalized spacial score (nSPS) is 11.2. The highest BCUT2D eigenvalue weighted by Crippen LogP contribution is 2.41. The molecule has 5 rings (SSSR count). The van der Waals surface area contributed by atoms with Crippen molar-refractivity contribution in [3.63, 3.8) is 0 Å². The van der Waals surface area contributed by atoms with Crippen molar-refractivity contribution in [3.05, 3.63) is 113 Å². The molecule has 5 aromatic rings. The second kappa shape index (κ2) is 7.59. The number of hydrogen-bond acceptors (Lipinski definition) is 0. The van der Waals surface area contributed by atoms with Gasteiger partial charge in [0.05, 0.1) is 11.4 Å². The molecule has 0 fully saturated rings. The maximum atomic E-state index is 2.46. The monoisotopic (exact) mass is 401 g/mol. The van der Waals surface area contributed by atoms with E-state index in [9.17, 15) is 0 Å². The van der Waals surface area contributed by atoms with Crippen molar-refractivity contribution in [1.29, 1.82) is 0 Å². The smallest absolute Gasteiger partial charge is 0.0613 e. The number of aryl methyl sites for hydroxylation is 4. The van der Waals surface area contributed by atoms with E-state index in [1.807, 2.05) is 0 Å². The van der Waals surface area contributed by atoms with Crippen molar-refractivity contribution in [2.75, 3.05) is 0 Å². The largest absolute Gasteiger partial charge is 0.308 e. The van der Waals surface area contributed by atoms with E-state index in [-0.39, 0.29) is 0 Å². The van der Waals surface area contributed by atoms with Gasteiger partial charge in [-0.15, -0.1) is 0 Å². The topological polar surface area (TPSA) is 4.93 Å². The summed E-state index contributed by atoms with van der Waals surface area (Å²) in [6.45, 7) is 8.64. The van der Waals surface area contributed by atoms with Gasteiger partial charge in [-0.3, -0.25) is 0 Å². The Morgan fingerprint density at radius 2 is 0.871 bits per heavy atom. The minimum Gasteiger partial charge on any atom is -0.308 e. The number of hydrogen-bond donors (Lipinski definition) is 0. The lowest BCUT2D eigenvalue weighted by molar-refractivity contribution is 1.09. The predicted molar refractivity (Wildman–Crippen MR) is 133 cm³/mol. The second-order valence-corrected chi connectivity index (χ2v) is 8.66. The summed E-state index contributed by atoms with van der Waals surface area (Å²) in [6.07, 6.45) is 0. The first-order valence-electron chi connectivity index (χ1n) is 10.9. The maximum Gasteiger partial charge on any atom is 0.0613 e. The summed E-state index contributed by atoms with van der Waals surface area (Å²) in [5.41, 5.74) is 11.3. The van der Waals surface area contributed by atoms with Crippen LogP contribution in [0.3, 0.4) is 0 Å². The first kappa shape index (κ1) is 19.4. The molecule has 0 spiro atoms. The Morgan fingerprint density at radius 1 is 0.452 bits per heavy atom. The van der Waals surface area contributed by atoms with Crippen molar-refractivity contribution < 1.29 is 0 Å². The molecule has 0 bridgehead atoms. The van der Waals surface area contributed by atoms with Gasteiger partial charge in [-0.2, -0.15) is 0 Å². The fraction of sp³-hybridized carbons (Fsp3) is 0.133. The van der Waals surface area contributed by atoms with Gasteiger partial charge >= 0.3 is 0 Å². The van der Waals surface area contributed by atoms with Crippen LogP contribution < -0.4 is 0 Å². The number of aromatic nitrogens is 1. The summed E-state index contributed by atoms with van der Waals surface area (Å²) in [5, 5.41) is 2.56. The lowest BCUT2D eigenvalue weighted by atomic mass is 10.0. The molecule has 1 aromatic heterocycles. The first-order valence-corrected chi connectivity index (χ1v) is 10.9. The van der Waals surface area contributed by atoms with Crippen LogP contribution in [0.15, 0.2) is 91.0 Å². The Bertz CT molecular complexity index is 1280. The molecule has 31 heavy (non-hydrogen) atoms. The van der Waals surface area contributed by atoms with Crippen molar-refractivity contribution in [2.24, 2.45) is 0 Å². The van der Waals surface area contributed by atoms with Crippen LogP contribution in [-0.2, 0) is 0 Å². The summed E-state index contributed by atoms with van der Waals surface area (Å²) in [5.74, 6) is 0. The van der Waals surface area contributed by atoms with Gasteiger partial charge in [-0.05, 0) is 62.1 Å². The first-order chi connectivity index (χ1) is 15.0. The zero-order chi connectivity index (χ0) is 21.5. The second-order valence-electron chi connectivity index (χ2n) is 8.66. The fourth-order valence-corrected chi connectivity index (χ4v) is 4.58. The van der Waals surface area contributed by atoms with Crippen LogP contribution in [0, 0.1) is 27.7 Å². The van der Waals surface area contributed by atoms with E-state index in [1.54, 1.807) is 0 Å². The van der Waals surface area contributed by atoms with E-state index in [0.717, 1.165) is 0 Å². The van der Waals surface area contributed by atoms with Gasteiger partial charge in [0.15, 0.2) is 0 Å². The lowest BCUT2D eigenvalue weighted by Crippen LogP contribution is -2.01. The third-order valence-corrected chi connectivity index (χ3v) is 6.00. The Balaban J connectivity index is 1.95. The Labute approximate surface area is 184 Å². The highest BCUT2D eigenvalue weighted by Gasteiger charge is 2.20. The average molecular weight is 402 g/mol. The van der Waals surface area contributed by atoms with Crippen LogP contribution in [0.5, 0.6) is 0 Å². The van der Waals surface area contributed by atoms with E-state index in [4.69, 9.17) is 0 Å². The number of nitrogens with zero attached hydrogens (tertiary/aromatic N) is 1. The predicted octanol–water partition coefficient (Wildman–Crippen LogP) is 8.20. The van der Waals surface area contributed by atoms with Crippen molar-refractivity contribution in [1.82, 2.24) is 4.57 Å². The molecule has 0 aliphatic heterocycles. The highest BCUT2D eigenvalue weighted by molar-refractivity contribution is 6.06. The van der Waals surface area contributed by atoms with E-state index in [2.05, 4.69) is 123 Å². The van der Waals surface area contributed by atoms with E-state index in [1.165, 1.54) is 61.2 Å². The molecule has 1 nitrogen and oxygen atoms in total. The van der Waals surface area contributed by atoms with Crippen LogP contribution in [0.4, 0.5) is 0 Å². The van der Waals surface area contributed by atoms with Gasteiger partial charge in [-0.1, -0.05) is 90.0 Å². The van der Waals surface area contributed by atoms with Crippen molar-refractivity contribution >= 4 is 10.8 Å². The molecule has 0 unspecified atom stereocenters. The molecular formula is C30H27N. The minimum atomic E-state index is 1.21. The highest BCUT2D eigenvalue weighted by atomic mass is 15.0. The van der Waals surface area contributed by atoms with Gasteiger partial charge in [0, 0.05) is 16.5 Å². The molecule has 0 aliphatic carbocycles. The third kappa shape index (κ3) is 3.47. The van der Waals surface area contributed by atoms with Gasteiger partial charge in [0.25, 0.3) is 0 Å². The molecule has 0 atom stereocenters. The van der Waals surface area contributed by atoms with Gasteiger partial charge in [0.1, 0.15) is 0 Å². The summed E-state index contributed by atoms with van der Waals surface area (Å²) < 4.78 is 2.46. The lowest BCUT2D eigenvalue weighted by Gasteiger charge is -2.16. The SMILES string of the molecule is Cc1ccc(-c2c3ccccc3c(-c3ccc(C)cc3)n2-c2cc(C)cc(C)c2)cc1. The zero-order valence-electron chi connectivity index (χ0n) is 18.6. The molecule has 0 aliphatic rings. The number of fused-ring (bicyclic) bond motifs is 1.